The lowest BCUT2D eigenvalue weighted by molar-refractivity contribution is -0.115. The van der Waals surface area contributed by atoms with Crippen LogP contribution in [-0.4, -0.2) is 28.2 Å². The van der Waals surface area contributed by atoms with Crippen LogP contribution < -0.4 is 10.1 Å². The van der Waals surface area contributed by atoms with Gasteiger partial charge in [-0.2, -0.15) is 4.98 Å². The van der Waals surface area contributed by atoms with Crippen molar-refractivity contribution in [2.75, 3.05) is 12.4 Å². The molecule has 0 saturated carbocycles. The van der Waals surface area contributed by atoms with Crippen molar-refractivity contribution in [2.24, 2.45) is 0 Å². The number of anilines is 1. The van der Waals surface area contributed by atoms with Gasteiger partial charge in [-0.15, -0.1) is 5.10 Å². The molecule has 3 rings (SSSR count). The topological polar surface area (TPSA) is 79.9 Å². The Morgan fingerprint density at radius 2 is 2.04 bits per heavy atom. The van der Waals surface area contributed by atoms with Gasteiger partial charge in [-0.05, 0) is 29.8 Å². The molecule has 1 heterocycles. The van der Waals surface area contributed by atoms with Gasteiger partial charge in [-0.1, -0.05) is 29.8 Å². The first kappa shape index (κ1) is 17.9. The largest absolute Gasteiger partial charge is 0.497 e. The van der Waals surface area contributed by atoms with Crippen LogP contribution in [0.25, 0.3) is 0 Å². The fraction of sp³-hybridized carbons (Fsp3) is 0.167. The Hall–Kier alpha value is -2.93. The Morgan fingerprint density at radius 1 is 1.27 bits per heavy atom. The van der Waals surface area contributed by atoms with Gasteiger partial charge in [0.1, 0.15) is 17.4 Å². The summed E-state index contributed by atoms with van der Waals surface area (Å²) in [5.41, 5.74) is 1.15. The number of methoxy groups -OCH3 is 1. The summed E-state index contributed by atoms with van der Waals surface area (Å²) in [5.74, 6) is 0.515. The fourth-order valence-corrected chi connectivity index (χ4v) is 2.63. The van der Waals surface area contributed by atoms with Gasteiger partial charge in [-0.3, -0.25) is 15.2 Å². The number of aromatic amines is 1. The van der Waals surface area contributed by atoms with Crippen molar-refractivity contribution >= 4 is 23.5 Å². The average Bonchev–Trinajstić information content (AvgIpc) is 3.06. The molecule has 0 atom stereocenters. The molecule has 0 radical (unpaired) electrons. The summed E-state index contributed by atoms with van der Waals surface area (Å²) in [6.07, 6.45) is 0.319. The summed E-state index contributed by atoms with van der Waals surface area (Å²) in [5, 5.41) is 9.46. The second kappa shape index (κ2) is 7.97. The maximum Gasteiger partial charge on any atom is 0.248 e. The van der Waals surface area contributed by atoms with E-state index in [2.05, 4.69) is 20.5 Å². The van der Waals surface area contributed by atoms with E-state index in [-0.39, 0.29) is 23.0 Å². The number of aromatic nitrogens is 3. The summed E-state index contributed by atoms with van der Waals surface area (Å²) in [6.45, 7) is 0. The van der Waals surface area contributed by atoms with Crippen molar-refractivity contribution < 1.29 is 13.9 Å². The number of rotatable bonds is 6. The Kier molecular flexibility index (Phi) is 5.48. The van der Waals surface area contributed by atoms with Gasteiger partial charge in [0, 0.05) is 17.0 Å². The maximum absolute atomic E-state index is 13.7. The van der Waals surface area contributed by atoms with Gasteiger partial charge in [0.25, 0.3) is 0 Å². The van der Waals surface area contributed by atoms with E-state index in [4.69, 9.17) is 16.3 Å². The zero-order valence-electron chi connectivity index (χ0n) is 13.9. The van der Waals surface area contributed by atoms with E-state index in [1.54, 1.807) is 7.11 Å². The Labute approximate surface area is 154 Å². The molecule has 6 nitrogen and oxygen atoms in total. The second-order valence-electron chi connectivity index (χ2n) is 5.56. The van der Waals surface area contributed by atoms with Gasteiger partial charge in [0.2, 0.25) is 11.9 Å². The van der Waals surface area contributed by atoms with Gasteiger partial charge in [0.15, 0.2) is 0 Å². The lowest BCUT2D eigenvalue weighted by Gasteiger charge is -2.05. The molecule has 134 valence electrons. The van der Waals surface area contributed by atoms with Gasteiger partial charge < -0.3 is 4.74 Å². The predicted molar refractivity (Wildman–Crippen MR) is 95.9 cm³/mol. The van der Waals surface area contributed by atoms with Crippen molar-refractivity contribution in [3.63, 3.8) is 0 Å². The van der Waals surface area contributed by atoms with E-state index < -0.39 is 11.7 Å². The number of amides is 1. The Balaban J connectivity index is 1.61. The number of carbonyl (C=O) groups excluding carboxylic acids is 1. The van der Waals surface area contributed by atoms with Gasteiger partial charge in [-0.25, -0.2) is 4.39 Å². The third kappa shape index (κ3) is 4.37. The van der Waals surface area contributed by atoms with Crippen LogP contribution >= 0.6 is 11.6 Å². The van der Waals surface area contributed by atoms with Crippen LogP contribution in [-0.2, 0) is 17.6 Å². The standard InChI is InChI=1S/C18H16ClFN4O2/c1-26-12-7-5-11(6-8-12)9-16-21-18(24-23-16)22-17(25)10-13-14(19)3-2-4-15(13)20/h2-8H,9-10H2,1H3,(H2,21,22,23,24,25). The molecule has 26 heavy (non-hydrogen) atoms. The predicted octanol–water partition coefficient (Wildman–Crippen LogP) is 3.38. The average molecular weight is 375 g/mol. The molecular formula is C18H16ClFN4O2. The number of hydrogen-bond acceptors (Lipinski definition) is 4. The Morgan fingerprint density at radius 3 is 2.73 bits per heavy atom. The first-order valence-corrected chi connectivity index (χ1v) is 8.20. The number of hydrogen-bond donors (Lipinski definition) is 2. The number of ether oxygens (including phenoxy) is 1. The van der Waals surface area contributed by atoms with Crippen molar-refractivity contribution in [3.8, 4) is 5.75 Å². The van der Waals surface area contributed by atoms with Crippen LogP contribution in [0, 0.1) is 5.82 Å². The fourth-order valence-electron chi connectivity index (χ4n) is 2.40. The third-order valence-corrected chi connectivity index (χ3v) is 4.07. The number of halogens is 2. The number of carbonyl (C=O) groups is 1. The van der Waals surface area contributed by atoms with Crippen LogP contribution in [0.1, 0.15) is 17.0 Å². The first-order valence-electron chi connectivity index (χ1n) is 7.82. The van der Waals surface area contributed by atoms with E-state index in [0.717, 1.165) is 11.3 Å². The van der Waals surface area contributed by atoms with E-state index >= 15 is 0 Å². The lowest BCUT2D eigenvalue weighted by atomic mass is 10.1. The zero-order valence-corrected chi connectivity index (χ0v) is 14.7. The van der Waals surface area contributed by atoms with Crippen LogP contribution in [0.3, 0.4) is 0 Å². The SMILES string of the molecule is COc1ccc(Cc2nc(NC(=O)Cc3c(F)cccc3Cl)n[nH]2)cc1. The summed E-state index contributed by atoms with van der Waals surface area (Å²) >= 11 is 5.93. The van der Waals surface area contributed by atoms with E-state index in [1.807, 2.05) is 24.3 Å². The summed E-state index contributed by atoms with van der Waals surface area (Å²) < 4.78 is 18.9. The smallest absolute Gasteiger partial charge is 0.248 e. The second-order valence-corrected chi connectivity index (χ2v) is 5.96. The summed E-state index contributed by atoms with van der Waals surface area (Å²) in [7, 11) is 1.61. The molecule has 1 aromatic heterocycles. The molecule has 2 N–H and O–H groups in total. The minimum absolute atomic E-state index is 0.131. The molecule has 0 aliphatic carbocycles. The van der Waals surface area contributed by atoms with E-state index in [1.165, 1.54) is 18.2 Å². The molecule has 2 aromatic carbocycles. The molecule has 0 bridgehead atoms. The minimum atomic E-state index is -0.525. The molecule has 0 unspecified atom stereocenters. The summed E-state index contributed by atoms with van der Waals surface area (Å²) in [6, 6.07) is 11.8. The van der Waals surface area contributed by atoms with Crippen LogP contribution in [0.4, 0.5) is 10.3 Å². The number of H-pyrrole nitrogens is 1. The number of nitrogens with one attached hydrogen (secondary N) is 2. The molecule has 0 fully saturated rings. The van der Waals surface area contributed by atoms with Gasteiger partial charge >= 0.3 is 0 Å². The van der Waals surface area contributed by atoms with Crippen molar-refractivity contribution in [2.45, 2.75) is 12.8 Å². The third-order valence-electron chi connectivity index (χ3n) is 3.71. The monoisotopic (exact) mass is 374 g/mol. The highest BCUT2D eigenvalue weighted by Gasteiger charge is 2.14. The van der Waals surface area contributed by atoms with Crippen molar-refractivity contribution in [1.29, 1.82) is 0 Å². The number of benzene rings is 2. The Bertz CT molecular complexity index is 892. The lowest BCUT2D eigenvalue weighted by Crippen LogP contribution is -2.16. The van der Waals surface area contributed by atoms with E-state index in [0.29, 0.717) is 12.2 Å². The molecule has 0 aliphatic heterocycles. The summed E-state index contributed by atoms with van der Waals surface area (Å²) in [4.78, 5) is 16.3. The number of nitrogens with zero attached hydrogens (tertiary/aromatic N) is 2. The highest BCUT2D eigenvalue weighted by atomic mass is 35.5. The van der Waals surface area contributed by atoms with Gasteiger partial charge in [0.05, 0.1) is 13.5 Å². The normalized spacial score (nSPS) is 10.6. The molecule has 0 aliphatic rings. The maximum atomic E-state index is 13.7. The minimum Gasteiger partial charge on any atom is -0.497 e. The van der Waals surface area contributed by atoms with Crippen LogP contribution in [0.2, 0.25) is 5.02 Å². The van der Waals surface area contributed by atoms with Crippen LogP contribution in [0.15, 0.2) is 42.5 Å². The zero-order chi connectivity index (χ0) is 18.5. The van der Waals surface area contributed by atoms with Crippen molar-refractivity contribution in [3.05, 3.63) is 70.3 Å². The molecule has 8 heteroatoms. The van der Waals surface area contributed by atoms with E-state index in [9.17, 15) is 9.18 Å². The molecule has 0 spiro atoms. The molecule has 0 saturated heterocycles. The quantitative estimate of drug-likeness (QED) is 0.693. The first-order chi connectivity index (χ1) is 12.5. The molecule has 1 amide bonds. The molecule has 3 aromatic rings. The van der Waals surface area contributed by atoms with Crippen molar-refractivity contribution in [1.82, 2.24) is 15.2 Å². The highest BCUT2D eigenvalue weighted by molar-refractivity contribution is 6.31. The molecular weight excluding hydrogens is 359 g/mol. The van der Waals surface area contributed by atoms with Crippen LogP contribution in [0.5, 0.6) is 5.75 Å². The highest BCUT2D eigenvalue weighted by Crippen LogP contribution is 2.20.